The number of amides is 2. The Labute approximate surface area is 192 Å². The molecular weight excluding hydrogens is 418 g/mol. The van der Waals surface area contributed by atoms with Gasteiger partial charge in [-0.15, -0.1) is 0 Å². The van der Waals surface area contributed by atoms with Crippen molar-refractivity contribution in [1.29, 1.82) is 0 Å². The fourth-order valence-electron chi connectivity index (χ4n) is 4.00. The van der Waals surface area contributed by atoms with Gasteiger partial charge in [0.15, 0.2) is 0 Å². The molecule has 3 aromatic rings. The molecule has 7 nitrogen and oxygen atoms in total. The van der Waals surface area contributed by atoms with Crippen LogP contribution in [0.1, 0.15) is 29.6 Å². The van der Waals surface area contributed by atoms with E-state index in [1.807, 2.05) is 54.6 Å². The molecular formula is C26H27N3O4. The molecule has 2 heterocycles. The Morgan fingerprint density at radius 3 is 2.33 bits per heavy atom. The van der Waals surface area contributed by atoms with Crippen molar-refractivity contribution in [2.45, 2.75) is 37.5 Å². The molecule has 1 aliphatic rings. The second-order valence-electron chi connectivity index (χ2n) is 8.07. The molecule has 0 spiro atoms. The van der Waals surface area contributed by atoms with E-state index in [-0.39, 0.29) is 37.0 Å². The Morgan fingerprint density at radius 2 is 1.64 bits per heavy atom. The van der Waals surface area contributed by atoms with Crippen molar-refractivity contribution in [1.82, 2.24) is 10.3 Å². The summed E-state index contributed by atoms with van der Waals surface area (Å²) in [6, 6.07) is 20.7. The molecule has 0 bridgehead atoms. The monoisotopic (exact) mass is 445 g/mol. The first-order valence-electron chi connectivity index (χ1n) is 11.0. The molecule has 2 aromatic carbocycles. The summed E-state index contributed by atoms with van der Waals surface area (Å²) in [5.74, 6) is -0.386. The first-order chi connectivity index (χ1) is 16.1. The topological polar surface area (TPSA) is 101 Å². The Morgan fingerprint density at radius 1 is 0.939 bits per heavy atom. The first-order valence-corrected chi connectivity index (χ1v) is 11.0. The average Bonchev–Trinajstić information content (AvgIpc) is 2.86. The number of nitrogens with zero attached hydrogens (tertiary/aromatic N) is 1. The fraction of sp³-hybridized carbons (Fsp3) is 0.269. The summed E-state index contributed by atoms with van der Waals surface area (Å²) in [5.41, 5.74) is 3.42. The van der Waals surface area contributed by atoms with Crippen LogP contribution in [-0.2, 0) is 9.53 Å². The standard InChI is InChI=1S/C26H27N3O4/c30-17-24-23(29-26(32)20-12-14-27-15-13-20)11-10-22(33-24)16-25(31)28-21-8-6-19(7-9-21)18-4-2-1-3-5-18/h1-9,12-15,22-24,30H,10-11,16-17H2,(H,28,31)(H,29,32)/t22-,23-,24-/m1/s1. The Kier molecular flexibility index (Phi) is 7.44. The molecule has 7 heteroatoms. The minimum atomic E-state index is -0.563. The highest BCUT2D eigenvalue weighted by Crippen LogP contribution is 2.24. The van der Waals surface area contributed by atoms with Gasteiger partial charge >= 0.3 is 0 Å². The lowest BCUT2D eigenvalue weighted by atomic mass is 9.96. The molecule has 0 saturated carbocycles. The van der Waals surface area contributed by atoms with Gasteiger partial charge in [0, 0.05) is 23.6 Å². The van der Waals surface area contributed by atoms with E-state index in [2.05, 4.69) is 15.6 Å². The fourth-order valence-corrected chi connectivity index (χ4v) is 4.00. The van der Waals surface area contributed by atoms with E-state index in [0.717, 1.165) is 16.8 Å². The number of pyridine rings is 1. The van der Waals surface area contributed by atoms with Crippen LogP contribution < -0.4 is 10.6 Å². The van der Waals surface area contributed by atoms with Crippen LogP contribution in [0.3, 0.4) is 0 Å². The zero-order chi connectivity index (χ0) is 23.0. The molecule has 33 heavy (non-hydrogen) atoms. The third-order valence-corrected chi connectivity index (χ3v) is 5.74. The third-order valence-electron chi connectivity index (χ3n) is 5.74. The molecule has 170 valence electrons. The number of benzene rings is 2. The van der Waals surface area contributed by atoms with Crippen LogP contribution in [-0.4, -0.2) is 46.8 Å². The summed E-state index contributed by atoms with van der Waals surface area (Å²) in [4.78, 5) is 28.9. The zero-order valence-corrected chi connectivity index (χ0v) is 18.2. The van der Waals surface area contributed by atoms with Gasteiger partial charge in [-0.05, 0) is 48.2 Å². The molecule has 3 N–H and O–H groups in total. The average molecular weight is 446 g/mol. The molecule has 1 aliphatic heterocycles. The summed E-state index contributed by atoms with van der Waals surface area (Å²) in [5, 5.41) is 15.6. The van der Waals surface area contributed by atoms with Crippen LogP contribution in [0.15, 0.2) is 79.1 Å². The second kappa shape index (κ2) is 10.8. The highest BCUT2D eigenvalue weighted by Gasteiger charge is 2.33. The highest BCUT2D eigenvalue weighted by molar-refractivity contribution is 5.94. The maximum atomic E-state index is 12.5. The maximum Gasteiger partial charge on any atom is 0.251 e. The van der Waals surface area contributed by atoms with Gasteiger partial charge < -0.3 is 20.5 Å². The zero-order valence-electron chi connectivity index (χ0n) is 18.2. The van der Waals surface area contributed by atoms with Crippen molar-refractivity contribution in [3.8, 4) is 11.1 Å². The van der Waals surface area contributed by atoms with E-state index in [4.69, 9.17) is 4.74 Å². The number of carbonyl (C=O) groups excluding carboxylic acids is 2. The third kappa shape index (κ3) is 6.03. The van der Waals surface area contributed by atoms with E-state index in [1.54, 1.807) is 24.5 Å². The molecule has 0 unspecified atom stereocenters. The normalized spacial score (nSPS) is 20.1. The number of hydrogen-bond donors (Lipinski definition) is 3. The Bertz CT molecular complexity index is 1060. The Hall–Kier alpha value is -3.55. The van der Waals surface area contributed by atoms with Gasteiger partial charge in [0.25, 0.3) is 5.91 Å². The van der Waals surface area contributed by atoms with Crippen molar-refractivity contribution in [2.24, 2.45) is 0 Å². The number of hydrogen-bond acceptors (Lipinski definition) is 5. The molecule has 1 saturated heterocycles. The van der Waals surface area contributed by atoms with Crippen molar-refractivity contribution < 1.29 is 19.4 Å². The number of aliphatic hydroxyl groups is 1. The summed E-state index contributed by atoms with van der Waals surface area (Å²) in [7, 11) is 0. The molecule has 1 fully saturated rings. The first kappa shape index (κ1) is 22.6. The molecule has 1 aromatic heterocycles. The summed E-state index contributed by atoms with van der Waals surface area (Å²) in [6.45, 7) is -0.236. The highest BCUT2D eigenvalue weighted by atomic mass is 16.5. The summed E-state index contributed by atoms with van der Waals surface area (Å²) in [6.07, 6.45) is 3.64. The number of carbonyl (C=O) groups is 2. The van der Waals surface area contributed by atoms with Crippen LogP contribution in [0.5, 0.6) is 0 Å². The van der Waals surface area contributed by atoms with Gasteiger partial charge in [0.05, 0.1) is 25.2 Å². The lowest BCUT2D eigenvalue weighted by molar-refractivity contribution is -0.126. The summed E-state index contributed by atoms with van der Waals surface area (Å²) < 4.78 is 5.93. The van der Waals surface area contributed by atoms with Crippen LogP contribution in [0, 0.1) is 0 Å². The van der Waals surface area contributed by atoms with E-state index in [1.165, 1.54) is 0 Å². The predicted molar refractivity (Wildman–Crippen MR) is 126 cm³/mol. The van der Waals surface area contributed by atoms with Crippen molar-refractivity contribution >= 4 is 17.5 Å². The number of anilines is 1. The van der Waals surface area contributed by atoms with E-state index >= 15 is 0 Å². The van der Waals surface area contributed by atoms with Gasteiger partial charge in [-0.3, -0.25) is 14.6 Å². The second-order valence-corrected chi connectivity index (χ2v) is 8.07. The molecule has 0 radical (unpaired) electrons. The number of rotatable bonds is 7. The maximum absolute atomic E-state index is 12.5. The van der Waals surface area contributed by atoms with Crippen LogP contribution >= 0.6 is 0 Å². The van der Waals surface area contributed by atoms with Gasteiger partial charge in [-0.1, -0.05) is 42.5 Å². The van der Waals surface area contributed by atoms with Crippen LogP contribution in [0.25, 0.3) is 11.1 Å². The quantitative estimate of drug-likeness (QED) is 0.517. The minimum absolute atomic E-state index is 0.150. The van der Waals surface area contributed by atoms with Crippen LogP contribution in [0.2, 0.25) is 0 Å². The van der Waals surface area contributed by atoms with Crippen LogP contribution in [0.4, 0.5) is 5.69 Å². The number of aliphatic hydroxyl groups excluding tert-OH is 1. The minimum Gasteiger partial charge on any atom is -0.394 e. The van der Waals surface area contributed by atoms with E-state index < -0.39 is 6.10 Å². The number of nitrogens with one attached hydrogen (secondary N) is 2. The molecule has 2 amide bonds. The van der Waals surface area contributed by atoms with E-state index in [9.17, 15) is 14.7 Å². The molecule has 0 aliphatic carbocycles. The lowest BCUT2D eigenvalue weighted by Crippen LogP contribution is -2.51. The van der Waals surface area contributed by atoms with Gasteiger partial charge in [0.1, 0.15) is 6.10 Å². The van der Waals surface area contributed by atoms with Crippen molar-refractivity contribution in [3.63, 3.8) is 0 Å². The summed E-state index contributed by atoms with van der Waals surface area (Å²) >= 11 is 0. The number of aromatic nitrogens is 1. The predicted octanol–water partition coefficient (Wildman–Crippen LogP) is 3.42. The van der Waals surface area contributed by atoms with Gasteiger partial charge in [-0.2, -0.15) is 0 Å². The SMILES string of the molecule is O=C(C[C@H]1CC[C@@H](NC(=O)c2ccncc2)[C@@H](CO)O1)Nc1ccc(-c2ccccc2)cc1. The van der Waals surface area contributed by atoms with Crippen molar-refractivity contribution in [3.05, 3.63) is 84.7 Å². The number of ether oxygens (including phenoxy) is 1. The largest absolute Gasteiger partial charge is 0.394 e. The molecule has 3 atom stereocenters. The lowest BCUT2D eigenvalue weighted by Gasteiger charge is -2.36. The van der Waals surface area contributed by atoms with E-state index in [0.29, 0.717) is 18.4 Å². The van der Waals surface area contributed by atoms with Gasteiger partial charge in [-0.25, -0.2) is 0 Å². The van der Waals surface area contributed by atoms with Gasteiger partial charge in [0.2, 0.25) is 5.91 Å². The van der Waals surface area contributed by atoms with Crippen molar-refractivity contribution in [2.75, 3.05) is 11.9 Å². The Balaban J connectivity index is 1.28. The molecule has 4 rings (SSSR count). The smallest absolute Gasteiger partial charge is 0.251 e.